The number of carbonyl (C=O) groups excluding carboxylic acids is 1. The first-order chi connectivity index (χ1) is 14.8. The molecule has 3 rings (SSSR count). The summed E-state index contributed by atoms with van der Waals surface area (Å²) in [6.45, 7) is 2.36. The third kappa shape index (κ3) is 5.57. The van der Waals surface area contributed by atoms with Crippen molar-refractivity contribution in [3.05, 3.63) is 93.0 Å². The maximum atomic E-state index is 13.1. The predicted octanol–water partition coefficient (Wildman–Crippen LogP) is 5.00. The van der Waals surface area contributed by atoms with Crippen LogP contribution >= 0.6 is 23.2 Å². The van der Waals surface area contributed by atoms with Gasteiger partial charge in [-0.05, 0) is 66.9 Å². The van der Waals surface area contributed by atoms with Gasteiger partial charge in [-0.15, -0.1) is 0 Å². The summed E-state index contributed by atoms with van der Waals surface area (Å²) in [7, 11) is 0. The number of hydrogen-bond acceptors (Lipinski definition) is 4. The molecule has 0 saturated carbocycles. The summed E-state index contributed by atoms with van der Waals surface area (Å²) >= 11 is 12.2. The van der Waals surface area contributed by atoms with E-state index in [0.29, 0.717) is 34.4 Å². The molecule has 0 fully saturated rings. The van der Waals surface area contributed by atoms with E-state index < -0.39 is 12.0 Å². The zero-order valence-electron chi connectivity index (χ0n) is 17.2. The van der Waals surface area contributed by atoms with Gasteiger partial charge < -0.3 is 22.5 Å². The lowest BCUT2D eigenvalue weighted by Crippen LogP contribution is -2.24. The van der Waals surface area contributed by atoms with E-state index in [0.717, 1.165) is 22.3 Å². The Morgan fingerprint density at radius 2 is 1.77 bits per heavy atom. The standard InChI is InChI=1S/C24H26Cl2N4O/c1-14-3-2-4-16(11-14)23(29)19-13-17(6-8-22(19)28)30-24(31)18(9-10-27)15-5-7-20(25)21(26)12-15/h2-8,11-13,18,23H,9-10,27-29H2,1H3,(H,30,31). The van der Waals surface area contributed by atoms with Crippen LogP contribution in [-0.2, 0) is 4.79 Å². The molecule has 0 aliphatic heterocycles. The number of benzene rings is 3. The monoisotopic (exact) mass is 456 g/mol. The van der Waals surface area contributed by atoms with Crippen molar-refractivity contribution in [2.24, 2.45) is 11.5 Å². The molecule has 3 aromatic rings. The summed E-state index contributed by atoms with van der Waals surface area (Å²) in [5, 5.41) is 3.80. The molecule has 0 bridgehead atoms. The average molecular weight is 457 g/mol. The first-order valence-corrected chi connectivity index (χ1v) is 10.7. The number of halogens is 2. The van der Waals surface area contributed by atoms with Gasteiger partial charge in [-0.25, -0.2) is 0 Å². The lowest BCUT2D eigenvalue weighted by atomic mass is 9.94. The smallest absolute Gasteiger partial charge is 0.231 e. The Bertz CT molecular complexity index is 1090. The Morgan fingerprint density at radius 3 is 2.45 bits per heavy atom. The minimum absolute atomic E-state index is 0.191. The third-order valence-electron chi connectivity index (χ3n) is 5.21. The van der Waals surface area contributed by atoms with E-state index in [-0.39, 0.29) is 5.91 Å². The lowest BCUT2D eigenvalue weighted by molar-refractivity contribution is -0.117. The van der Waals surface area contributed by atoms with Gasteiger partial charge in [0.05, 0.1) is 22.0 Å². The van der Waals surface area contributed by atoms with E-state index >= 15 is 0 Å². The van der Waals surface area contributed by atoms with Crippen LogP contribution in [0, 0.1) is 6.92 Å². The number of hydrogen-bond donors (Lipinski definition) is 4. The van der Waals surface area contributed by atoms with Gasteiger partial charge in [-0.2, -0.15) is 0 Å². The van der Waals surface area contributed by atoms with Gasteiger partial charge in [0.2, 0.25) is 5.91 Å². The summed E-state index contributed by atoms with van der Waals surface area (Å²) in [6, 6.07) is 18.0. The number of anilines is 2. The van der Waals surface area contributed by atoms with E-state index in [1.807, 2.05) is 37.3 Å². The van der Waals surface area contributed by atoms with Crippen molar-refractivity contribution in [3.63, 3.8) is 0 Å². The first-order valence-electron chi connectivity index (χ1n) is 9.97. The van der Waals surface area contributed by atoms with Gasteiger partial charge >= 0.3 is 0 Å². The van der Waals surface area contributed by atoms with E-state index in [1.165, 1.54) is 0 Å². The molecule has 5 nitrogen and oxygen atoms in total. The van der Waals surface area contributed by atoms with E-state index in [1.54, 1.807) is 30.3 Å². The molecule has 7 heteroatoms. The van der Waals surface area contributed by atoms with Crippen LogP contribution in [0.5, 0.6) is 0 Å². The van der Waals surface area contributed by atoms with Gasteiger partial charge in [-0.1, -0.05) is 59.1 Å². The fourth-order valence-corrected chi connectivity index (χ4v) is 3.85. The van der Waals surface area contributed by atoms with Crippen LogP contribution in [0.25, 0.3) is 0 Å². The Morgan fingerprint density at radius 1 is 1.00 bits per heavy atom. The van der Waals surface area contributed by atoms with Crippen molar-refractivity contribution >= 4 is 40.5 Å². The van der Waals surface area contributed by atoms with Crippen molar-refractivity contribution in [1.82, 2.24) is 0 Å². The van der Waals surface area contributed by atoms with Crippen LogP contribution in [0.15, 0.2) is 60.7 Å². The Hall–Kier alpha value is -2.57. The topological polar surface area (TPSA) is 107 Å². The van der Waals surface area contributed by atoms with Gasteiger partial charge in [0, 0.05) is 11.4 Å². The average Bonchev–Trinajstić information content (AvgIpc) is 2.75. The SMILES string of the molecule is Cc1cccc(C(N)c2cc(NC(=O)C(CCN)c3ccc(Cl)c(Cl)c3)ccc2N)c1. The molecule has 0 radical (unpaired) electrons. The molecule has 0 aromatic heterocycles. The van der Waals surface area contributed by atoms with Gasteiger partial charge in [0.15, 0.2) is 0 Å². The van der Waals surface area contributed by atoms with Crippen LogP contribution in [0.4, 0.5) is 11.4 Å². The summed E-state index contributed by atoms with van der Waals surface area (Å²) < 4.78 is 0. The Kier molecular flexibility index (Phi) is 7.57. The molecular formula is C24H26Cl2N4O. The van der Waals surface area contributed by atoms with E-state index in [4.69, 9.17) is 40.4 Å². The van der Waals surface area contributed by atoms with Crippen LogP contribution in [0.3, 0.4) is 0 Å². The minimum Gasteiger partial charge on any atom is -0.398 e. The maximum absolute atomic E-state index is 13.1. The van der Waals surface area contributed by atoms with Crippen molar-refractivity contribution in [2.45, 2.75) is 25.3 Å². The highest BCUT2D eigenvalue weighted by molar-refractivity contribution is 6.42. The molecule has 0 spiro atoms. The molecule has 0 heterocycles. The van der Waals surface area contributed by atoms with Gasteiger partial charge in [0.1, 0.15) is 0 Å². The highest BCUT2D eigenvalue weighted by atomic mass is 35.5. The molecule has 3 aromatic carbocycles. The molecule has 31 heavy (non-hydrogen) atoms. The minimum atomic E-state index is -0.466. The number of aryl methyl sites for hydroxylation is 1. The summed E-state index contributed by atoms with van der Waals surface area (Å²) in [5.41, 5.74) is 23.2. The van der Waals surface area contributed by atoms with Gasteiger partial charge in [-0.3, -0.25) is 4.79 Å². The first kappa shape index (κ1) is 23.1. The normalized spacial score (nSPS) is 12.9. The van der Waals surface area contributed by atoms with E-state index in [2.05, 4.69) is 5.32 Å². The number of nitrogens with two attached hydrogens (primary N) is 3. The maximum Gasteiger partial charge on any atom is 0.231 e. The highest BCUT2D eigenvalue weighted by Crippen LogP contribution is 2.31. The number of rotatable bonds is 7. The third-order valence-corrected chi connectivity index (χ3v) is 5.95. The van der Waals surface area contributed by atoms with Crippen LogP contribution in [-0.4, -0.2) is 12.5 Å². The molecule has 2 atom stereocenters. The summed E-state index contributed by atoms with van der Waals surface area (Å²) in [5.74, 6) is -0.657. The predicted molar refractivity (Wildman–Crippen MR) is 130 cm³/mol. The second kappa shape index (κ2) is 10.2. The Balaban J connectivity index is 1.86. The molecule has 0 aliphatic carbocycles. The molecule has 0 aliphatic rings. The lowest BCUT2D eigenvalue weighted by Gasteiger charge is -2.20. The molecule has 0 saturated heterocycles. The summed E-state index contributed by atoms with van der Waals surface area (Å²) in [6.07, 6.45) is 0.467. The molecule has 1 amide bonds. The number of nitrogens with one attached hydrogen (secondary N) is 1. The number of nitrogen functional groups attached to an aromatic ring is 1. The molecule has 2 unspecified atom stereocenters. The molecule has 7 N–H and O–H groups in total. The highest BCUT2D eigenvalue weighted by Gasteiger charge is 2.22. The zero-order chi connectivity index (χ0) is 22.5. The zero-order valence-corrected chi connectivity index (χ0v) is 18.8. The summed E-state index contributed by atoms with van der Waals surface area (Å²) in [4.78, 5) is 13.1. The fourth-order valence-electron chi connectivity index (χ4n) is 3.54. The second-order valence-electron chi connectivity index (χ2n) is 7.53. The van der Waals surface area contributed by atoms with Gasteiger partial charge in [0.25, 0.3) is 0 Å². The van der Waals surface area contributed by atoms with Crippen molar-refractivity contribution < 1.29 is 4.79 Å². The molecular weight excluding hydrogens is 431 g/mol. The Labute approximate surface area is 192 Å². The quantitative estimate of drug-likeness (QED) is 0.375. The van der Waals surface area contributed by atoms with Crippen molar-refractivity contribution in [3.8, 4) is 0 Å². The molecule has 162 valence electrons. The van der Waals surface area contributed by atoms with Crippen molar-refractivity contribution in [2.75, 3.05) is 17.6 Å². The van der Waals surface area contributed by atoms with Crippen LogP contribution in [0.1, 0.15) is 40.6 Å². The number of amides is 1. The largest absolute Gasteiger partial charge is 0.398 e. The van der Waals surface area contributed by atoms with Crippen LogP contribution in [0.2, 0.25) is 10.0 Å². The van der Waals surface area contributed by atoms with E-state index in [9.17, 15) is 4.79 Å². The van der Waals surface area contributed by atoms with Crippen LogP contribution < -0.4 is 22.5 Å². The number of carbonyl (C=O) groups is 1. The second-order valence-corrected chi connectivity index (χ2v) is 8.34. The van der Waals surface area contributed by atoms with Crippen molar-refractivity contribution in [1.29, 1.82) is 0 Å². The fraction of sp³-hybridized carbons (Fsp3) is 0.208.